The highest BCUT2D eigenvalue weighted by atomic mass is 19.3. The molecule has 0 radical (unpaired) electrons. The summed E-state index contributed by atoms with van der Waals surface area (Å²) in [5.74, 6) is -0.543. The van der Waals surface area contributed by atoms with Crippen LogP contribution in [0.1, 0.15) is 36.6 Å². The molecule has 2 aromatic heterocycles. The second kappa shape index (κ2) is 5.55. The number of rotatable bonds is 4. The van der Waals surface area contributed by atoms with Crippen molar-refractivity contribution >= 4 is 6.29 Å². The van der Waals surface area contributed by atoms with Crippen molar-refractivity contribution in [3.63, 3.8) is 0 Å². The van der Waals surface area contributed by atoms with Crippen molar-refractivity contribution in [3.8, 4) is 11.3 Å². The minimum Gasteiger partial charge on any atom is -0.303 e. The van der Waals surface area contributed by atoms with E-state index in [0.29, 0.717) is 24.1 Å². The summed E-state index contributed by atoms with van der Waals surface area (Å²) in [5.41, 5.74) is 0.619. The van der Waals surface area contributed by atoms with E-state index >= 15 is 0 Å². The van der Waals surface area contributed by atoms with Crippen LogP contribution in [-0.4, -0.2) is 21.1 Å². The van der Waals surface area contributed by atoms with Gasteiger partial charge in [0, 0.05) is 17.7 Å². The Kier molecular flexibility index (Phi) is 3.72. The van der Waals surface area contributed by atoms with Gasteiger partial charge in [0.1, 0.15) is 17.8 Å². The molecule has 0 spiro atoms. The lowest BCUT2D eigenvalue weighted by Crippen LogP contribution is -2.28. The maximum Gasteiger partial charge on any atom is 0.282 e. The molecule has 0 N–H and O–H groups in total. The summed E-state index contributed by atoms with van der Waals surface area (Å²) in [7, 11) is 0. The highest BCUT2D eigenvalue weighted by molar-refractivity contribution is 5.65. The van der Waals surface area contributed by atoms with E-state index in [2.05, 4.69) is 10.1 Å². The Morgan fingerprint density at radius 3 is 2.73 bits per heavy atom. The molecule has 0 aliphatic heterocycles. The predicted molar refractivity (Wildman–Crippen MR) is 72.9 cm³/mol. The summed E-state index contributed by atoms with van der Waals surface area (Å²) in [5, 5.41) is 3.96. The van der Waals surface area contributed by atoms with Crippen LogP contribution in [-0.2, 0) is 4.79 Å². The van der Waals surface area contributed by atoms with Crippen LogP contribution < -0.4 is 0 Å². The maximum atomic E-state index is 13.2. The molecule has 0 atom stereocenters. The van der Waals surface area contributed by atoms with E-state index in [1.54, 1.807) is 6.92 Å². The van der Waals surface area contributed by atoms with Crippen LogP contribution in [0.25, 0.3) is 11.3 Å². The van der Waals surface area contributed by atoms with Gasteiger partial charge < -0.3 is 4.79 Å². The zero-order valence-corrected chi connectivity index (χ0v) is 11.8. The summed E-state index contributed by atoms with van der Waals surface area (Å²) in [6, 6.07) is 1.20. The monoisotopic (exact) mass is 309 g/mol. The van der Waals surface area contributed by atoms with Crippen LogP contribution in [0, 0.1) is 18.7 Å². The quantitative estimate of drug-likeness (QED) is 0.812. The highest BCUT2D eigenvalue weighted by Gasteiger charge is 2.32. The van der Waals surface area contributed by atoms with E-state index in [1.165, 1.54) is 16.9 Å². The third-order valence-electron chi connectivity index (χ3n) is 3.98. The molecular weight excluding hydrogens is 295 g/mol. The number of carbonyl (C=O) groups is 1. The lowest BCUT2D eigenvalue weighted by Gasteiger charge is -2.31. The molecular formula is C15H14F3N3O. The smallest absolute Gasteiger partial charge is 0.282 e. The van der Waals surface area contributed by atoms with Crippen molar-refractivity contribution in [2.24, 2.45) is 5.92 Å². The molecule has 2 aromatic rings. The Hall–Kier alpha value is -2.18. The fourth-order valence-electron chi connectivity index (χ4n) is 2.72. The molecule has 2 heterocycles. The molecule has 7 heteroatoms. The number of aromatic nitrogens is 3. The number of nitrogens with zero attached hydrogens (tertiary/aromatic N) is 3. The minimum atomic E-state index is -2.75. The number of hydrogen-bond donors (Lipinski definition) is 0. The van der Waals surface area contributed by atoms with Gasteiger partial charge in [-0.25, -0.2) is 13.2 Å². The maximum absolute atomic E-state index is 13.2. The van der Waals surface area contributed by atoms with Gasteiger partial charge in [0.15, 0.2) is 0 Å². The van der Waals surface area contributed by atoms with Gasteiger partial charge in [-0.15, -0.1) is 0 Å². The summed E-state index contributed by atoms with van der Waals surface area (Å²) < 4.78 is 41.1. The predicted octanol–water partition coefficient (Wildman–Crippen LogP) is 3.48. The average molecular weight is 309 g/mol. The Balaban J connectivity index is 1.99. The Labute approximate surface area is 125 Å². The van der Waals surface area contributed by atoms with Crippen molar-refractivity contribution in [1.29, 1.82) is 0 Å². The molecule has 0 bridgehead atoms. The second-order valence-electron chi connectivity index (χ2n) is 5.55. The van der Waals surface area contributed by atoms with Crippen molar-refractivity contribution in [2.75, 3.05) is 0 Å². The van der Waals surface area contributed by atoms with Crippen molar-refractivity contribution < 1.29 is 18.0 Å². The number of alkyl halides is 2. The van der Waals surface area contributed by atoms with E-state index in [1.807, 2.05) is 0 Å². The molecule has 1 fully saturated rings. The van der Waals surface area contributed by atoms with Crippen LogP contribution in [0.4, 0.5) is 13.2 Å². The summed E-state index contributed by atoms with van der Waals surface area (Å²) in [6.45, 7) is 1.61. The molecule has 0 amide bonds. The van der Waals surface area contributed by atoms with E-state index in [0.717, 1.165) is 12.5 Å². The third-order valence-corrected chi connectivity index (χ3v) is 3.98. The zero-order valence-electron chi connectivity index (χ0n) is 11.8. The van der Waals surface area contributed by atoms with Crippen molar-refractivity contribution in [3.05, 3.63) is 35.5 Å². The van der Waals surface area contributed by atoms with Crippen molar-refractivity contribution in [1.82, 2.24) is 14.8 Å². The van der Waals surface area contributed by atoms with Gasteiger partial charge in [0.2, 0.25) is 0 Å². The van der Waals surface area contributed by atoms with E-state index in [4.69, 9.17) is 0 Å². The summed E-state index contributed by atoms with van der Waals surface area (Å²) in [6.07, 6.45) is 1.85. The number of aryl methyl sites for hydroxylation is 1. The molecule has 1 aliphatic rings. The lowest BCUT2D eigenvalue weighted by molar-refractivity contribution is -0.114. The summed E-state index contributed by atoms with van der Waals surface area (Å²) >= 11 is 0. The van der Waals surface area contributed by atoms with Crippen LogP contribution in [0.3, 0.4) is 0 Å². The normalized spacial score (nSPS) is 21.0. The molecule has 22 heavy (non-hydrogen) atoms. The number of hydrogen-bond acceptors (Lipinski definition) is 3. The van der Waals surface area contributed by atoms with E-state index in [-0.39, 0.29) is 23.2 Å². The zero-order chi connectivity index (χ0) is 15.9. The van der Waals surface area contributed by atoms with Gasteiger partial charge >= 0.3 is 0 Å². The number of aldehydes is 1. The standard InChI is InChI=1S/C15H14F3N3O/c1-8-2-10(16)5-19-13(8)12-6-21(20-14(12)15(17)18)11-3-9(4-11)7-22/h2,5-7,9,11,15H,3-4H2,1H3. The third kappa shape index (κ3) is 2.51. The van der Waals surface area contributed by atoms with Crippen LogP contribution in [0.5, 0.6) is 0 Å². The van der Waals surface area contributed by atoms with Gasteiger partial charge in [-0.3, -0.25) is 9.67 Å². The van der Waals surface area contributed by atoms with Gasteiger partial charge in [0.25, 0.3) is 6.43 Å². The van der Waals surface area contributed by atoms with Crippen LogP contribution in [0.15, 0.2) is 18.5 Å². The van der Waals surface area contributed by atoms with Crippen LogP contribution >= 0.6 is 0 Å². The first-order valence-corrected chi connectivity index (χ1v) is 6.94. The first-order valence-electron chi connectivity index (χ1n) is 6.94. The molecule has 116 valence electrons. The fraction of sp³-hybridized carbons (Fsp3) is 0.400. The minimum absolute atomic E-state index is 0.0293. The van der Waals surface area contributed by atoms with Crippen molar-refractivity contribution in [2.45, 2.75) is 32.2 Å². The topological polar surface area (TPSA) is 47.8 Å². The van der Waals surface area contributed by atoms with E-state index < -0.39 is 12.2 Å². The Bertz CT molecular complexity index is 708. The summed E-state index contributed by atoms with van der Waals surface area (Å²) in [4.78, 5) is 14.6. The molecule has 1 saturated carbocycles. The number of halogens is 3. The van der Waals surface area contributed by atoms with Gasteiger partial charge in [-0.1, -0.05) is 0 Å². The molecule has 3 rings (SSSR count). The molecule has 0 aromatic carbocycles. The largest absolute Gasteiger partial charge is 0.303 e. The molecule has 1 aliphatic carbocycles. The van der Waals surface area contributed by atoms with Crippen LogP contribution in [0.2, 0.25) is 0 Å². The molecule has 0 saturated heterocycles. The van der Waals surface area contributed by atoms with Gasteiger partial charge in [0.05, 0.1) is 17.9 Å². The van der Waals surface area contributed by atoms with E-state index in [9.17, 15) is 18.0 Å². The Morgan fingerprint density at radius 1 is 1.41 bits per heavy atom. The number of pyridine rings is 1. The average Bonchev–Trinajstić information content (AvgIpc) is 2.82. The van der Waals surface area contributed by atoms with Gasteiger partial charge in [-0.2, -0.15) is 5.10 Å². The molecule has 0 unspecified atom stereocenters. The Morgan fingerprint density at radius 2 is 2.14 bits per heavy atom. The first kappa shape index (κ1) is 14.7. The highest BCUT2D eigenvalue weighted by Crippen LogP contribution is 2.39. The first-order chi connectivity index (χ1) is 10.5. The molecule has 4 nitrogen and oxygen atoms in total. The SMILES string of the molecule is Cc1cc(F)cnc1-c1cn(C2CC(C=O)C2)nc1C(F)F. The number of carbonyl (C=O) groups excluding carboxylic acids is 1. The fourth-order valence-corrected chi connectivity index (χ4v) is 2.72. The second-order valence-corrected chi connectivity index (χ2v) is 5.55. The lowest BCUT2D eigenvalue weighted by atomic mass is 9.81. The van der Waals surface area contributed by atoms with Gasteiger partial charge in [-0.05, 0) is 31.4 Å².